The summed E-state index contributed by atoms with van der Waals surface area (Å²) in [6, 6.07) is 4.72. The Morgan fingerprint density at radius 1 is 1.33 bits per heavy atom. The predicted molar refractivity (Wildman–Crippen MR) is 90.1 cm³/mol. The molecule has 0 aromatic heterocycles. The van der Waals surface area contributed by atoms with Crippen molar-refractivity contribution in [3.63, 3.8) is 0 Å². The van der Waals surface area contributed by atoms with Crippen LogP contribution in [0.4, 0.5) is 5.69 Å². The van der Waals surface area contributed by atoms with Crippen LogP contribution in [0.3, 0.4) is 0 Å². The number of hydrogen-bond acceptors (Lipinski definition) is 3. The fraction of sp³-hybridized carbons (Fsp3) is 0.500. The van der Waals surface area contributed by atoms with E-state index >= 15 is 0 Å². The fourth-order valence-electron chi connectivity index (χ4n) is 3.01. The quantitative estimate of drug-likeness (QED) is 0.660. The van der Waals surface area contributed by atoms with E-state index in [1.165, 1.54) is 31.9 Å². The molecule has 0 unspecified atom stereocenters. The summed E-state index contributed by atoms with van der Waals surface area (Å²) in [5.74, 6) is 0. The third kappa shape index (κ3) is 4.18. The average molecular weight is 286 g/mol. The van der Waals surface area contributed by atoms with Crippen molar-refractivity contribution in [2.75, 3.05) is 5.32 Å². The molecule has 0 heterocycles. The van der Waals surface area contributed by atoms with Crippen LogP contribution >= 0.6 is 0 Å². The van der Waals surface area contributed by atoms with Crippen LogP contribution in [0.1, 0.15) is 55.7 Å². The van der Waals surface area contributed by atoms with Gasteiger partial charge in [0.25, 0.3) is 0 Å². The lowest BCUT2D eigenvalue weighted by atomic mass is 9.98. The molecule has 1 aromatic rings. The first-order valence-electron chi connectivity index (χ1n) is 7.97. The number of nitrogens with one attached hydrogen (secondary N) is 2. The van der Waals surface area contributed by atoms with Crippen molar-refractivity contribution in [3.8, 4) is 0 Å². The van der Waals surface area contributed by atoms with Gasteiger partial charge in [0.05, 0.1) is 6.61 Å². The molecule has 3 heteroatoms. The van der Waals surface area contributed by atoms with Crippen LogP contribution in [0.5, 0.6) is 0 Å². The number of anilines is 1. The first kappa shape index (κ1) is 15.8. The van der Waals surface area contributed by atoms with Gasteiger partial charge >= 0.3 is 0 Å². The van der Waals surface area contributed by atoms with Gasteiger partial charge < -0.3 is 15.8 Å². The lowest BCUT2D eigenvalue weighted by molar-refractivity contribution is 0.281. The van der Waals surface area contributed by atoms with Crippen LogP contribution in [0.2, 0.25) is 0 Å². The van der Waals surface area contributed by atoms with Crippen LogP contribution in [-0.2, 0) is 13.0 Å². The molecular formula is C18H26N2O. The van der Waals surface area contributed by atoms with E-state index < -0.39 is 0 Å². The van der Waals surface area contributed by atoms with Crippen LogP contribution < -0.4 is 5.32 Å². The summed E-state index contributed by atoms with van der Waals surface area (Å²) in [7, 11) is 0. The summed E-state index contributed by atoms with van der Waals surface area (Å²) < 4.78 is 0. The first-order chi connectivity index (χ1) is 10.3. The highest BCUT2D eigenvalue weighted by Crippen LogP contribution is 2.28. The van der Waals surface area contributed by atoms with Crippen LogP contribution in [0.15, 0.2) is 18.2 Å². The lowest BCUT2D eigenvalue weighted by Crippen LogP contribution is -2.17. The summed E-state index contributed by atoms with van der Waals surface area (Å²) in [6.07, 6.45) is 12.2. The Bertz CT molecular complexity index is 502. The lowest BCUT2D eigenvalue weighted by Gasteiger charge is -2.19. The van der Waals surface area contributed by atoms with Crippen molar-refractivity contribution in [1.29, 1.82) is 5.41 Å². The summed E-state index contributed by atoms with van der Waals surface area (Å²) in [4.78, 5) is 0. The van der Waals surface area contributed by atoms with Gasteiger partial charge in [-0.15, -0.1) is 0 Å². The van der Waals surface area contributed by atoms with Crippen molar-refractivity contribution >= 4 is 18.0 Å². The zero-order chi connectivity index (χ0) is 15.1. The maximum Gasteiger partial charge on any atom is 0.0685 e. The highest BCUT2D eigenvalue weighted by molar-refractivity contribution is 5.70. The summed E-state index contributed by atoms with van der Waals surface area (Å²) in [6.45, 7) is 2.14. The Hall–Kier alpha value is -1.61. The smallest absolute Gasteiger partial charge is 0.0685 e. The summed E-state index contributed by atoms with van der Waals surface area (Å²) >= 11 is 0. The van der Waals surface area contributed by atoms with Gasteiger partial charge in [-0.3, -0.25) is 0 Å². The minimum atomic E-state index is 0.0241. The molecule has 1 saturated carbocycles. The molecule has 1 aliphatic carbocycles. The third-order valence-corrected chi connectivity index (χ3v) is 4.10. The Balaban J connectivity index is 2.35. The molecule has 3 N–H and O–H groups in total. The molecular weight excluding hydrogens is 260 g/mol. The molecule has 0 radical (unpaired) electrons. The van der Waals surface area contributed by atoms with Gasteiger partial charge in [0.2, 0.25) is 0 Å². The van der Waals surface area contributed by atoms with Gasteiger partial charge in [-0.05, 0) is 54.3 Å². The fourth-order valence-corrected chi connectivity index (χ4v) is 3.01. The maximum atomic E-state index is 9.65. The van der Waals surface area contributed by atoms with E-state index in [4.69, 9.17) is 5.41 Å². The standard InChI is InChI=1S/C18H26N2O/c1-2-3-6-14-11-15(13-21)17(9-10-19)18(12-14)20-16-7-4-5-8-16/h3,6,10-12,16,19-21H,2,4-5,7-9,13H2,1H3/b6-3+,19-10?. The SMILES string of the molecule is CC/C=C/c1cc(CO)c(CC=N)c(NC2CCCC2)c1. The van der Waals surface area contributed by atoms with Crippen LogP contribution in [-0.4, -0.2) is 17.4 Å². The highest BCUT2D eigenvalue weighted by Gasteiger charge is 2.17. The van der Waals surface area contributed by atoms with Crippen molar-refractivity contribution < 1.29 is 5.11 Å². The second-order valence-corrected chi connectivity index (χ2v) is 5.71. The molecule has 1 fully saturated rings. The zero-order valence-electron chi connectivity index (χ0n) is 12.9. The van der Waals surface area contributed by atoms with E-state index in [9.17, 15) is 5.11 Å². The van der Waals surface area contributed by atoms with Crippen LogP contribution in [0, 0.1) is 5.41 Å². The molecule has 0 aliphatic heterocycles. The molecule has 2 rings (SSSR count). The molecule has 21 heavy (non-hydrogen) atoms. The van der Waals surface area contributed by atoms with Crippen molar-refractivity contribution in [2.45, 2.75) is 58.1 Å². The van der Waals surface area contributed by atoms with Crippen LogP contribution in [0.25, 0.3) is 6.08 Å². The molecule has 1 aliphatic rings. The van der Waals surface area contributed by atoms with E-state index in [2.05, 4.69) is 30.5 Å². The predicted octanol–water partition coefficient (Wildman–Crippen LogP) is 4.15. The number of rotatable bonds is 7. The highest BCUT2D eigenvalue weighted by atomic mass is 16.3. The van der Waals surface area contributed by atoms with Gasteiger partial charge in [0.15, 0.2) is 0 Å². The number of aliphatic hydroxyl groups excluding tert-OH is 1. The van der Waals surface area contributed by atoms with Gasteiger partial charge in [-0.25, -0.2) is 0 Å². The minimum Gasteiger partial charge on any atom is -0.392 e. The van der Waals surface area contributed by atoms with E-state index in [1.807, 2.05) is 6.07 Å². The summed E-state index contributed by atoms with van der Waals surface area (Å²) in [5.41, 5.74) is 4.20. The second-order valence-electron chi connectivity index (χ2n) is 5.71. The molecule has 1 aromatic carbocycles. The van der Waals surface area contributed by atoms with Crippen molar-refractivity contribution in [1.82, 2.24) is 0 Å². The van der Waals surface area contributed by atoms with E-state index in [0.29, 0.717) is 12.5 Å². The first-order valence-corrected chi connectivity index (χ1v) is 7.97. The van der Waals surface area contributed by atoms with E-state index in [0.717, 1.165) is 28.8 Å². The average Bonchev–Trinajstić information content (AvgIpc) is 3.00. The minimum absolute atomic E-state index is 0.0241. The number of hydrogen-bond donors (Lipinski definition) is 3. The molecule has 0 saturated heterocycles. The third-order valence-electron chi connectivity index (χ3n) is 4.10. The summed E-state index contributed by atoms with van der Waals surface area (Å²) in [5, 5.41) is 20.7. The molecule has 3 nitrogen and oxygen atoms in total. The van der Waals surface area contributed by atoms with Gasteiger partial charge in [0.1, 0.15) is 0 Å². The normalized spacial score (nSPS) is 15.7. The monoisotopic (exact) mass is 286 g/mol. The zero-order valence-corrected chi connectivity index (χ0v) is 12.9. The van der Waals surface area contributed by atoms with Crippen molar-refractivity contribution in [3.05, 3.63) is 34.9 Å². The Morgan fingerprint density at radius 3 is 2.71 bits per heavy atom. The Morgan fingerprint density at radius 2 is 2.10 bits per heavy atom. The molecule has 0 bridgehead atoms. The molecule has 114 valence electrons. The molecule has 0 spiro atoms. The number of aliphatic hydroxyl groups is 1. The number of benzene rings is 1. The maximum absolute atomic E-state index is 9.65. The topological polar surface area (TPSA) is 56.1 Å². The Labute approximate surface area is 127 Å². The van der Waals surface area contributed by atoms with E-state index in [-0.39, 0.29) is 6.61 Å². The Kier molecular flexibility index (Phi) is 6.00. The van der Waals surface area contributed by atoms with Gasteiger partial charge in [0, 0.05) is 18.2 Å². The molecule has 0 amide bonds. The van der Waals surface area contributed by atoms with Gasteiger partial charge in [-0.1, -0.05) is 31.9 Å². The largest absolute Gasteiger partial charge is 0.392 e. The van der Waals surface area contributed by atoms with Crippen molar-refractivity contribution in [2.24, 2.45) is 0 Å². The number of allylic oxidation sites excluding steroid dienone is 1. The second kappa shape index (κ2) is 7.99. The van der Waals surface area contributed by atoms with Gasteiger partial charge in [-0.2, -0.15) is 0 Å². The van der Waals surface area contributed by atoms with E-state index in [1.54, 1.807) is 0 Å². The molecule has 0 atom stereocenters.